The van der Waals surface area contributed by atoms with Gasteiger partial charge in [-0.2, -0.15) is 16.9 Å². The molecule has 134 valence electrons. The number of hydrogen-bond acceptors (Lipinski definition) is 6. The Morgan fingerprint density at radius 3 is 3.04 bits per heavy atom. The third-order valence-electron chi connectivity index (χ3n) is 4.25. The van der Waals surface area contributed by atoms with Crippen LogP contribution in [0, 0.1) is 0 Å². The molecule has 1 aromatic carbocycles. The van der Waals surface area contributed by atoms with E-state index in [-0.39, 0.29) is 23.4 Å². The molecule has 0 bridgehead atoms. The third-order valence-corrected chi connectivity index (χ3v) is 5.34. The van der Waals surface area contributed by atoms with Crippen LogP contribution in [-0.4, -0.2) is 51.9 Å². The summed E-state index contributed by atoms with van der Waals surface area (Å²) in [5.74, 6) is 3.46. The molecule has 1 saturated heterocycles. The van der Waals surface area contributed by atoms with Crippen LogP contribution >= 0.6 is 11.8 Å². The van der Waals surface area contributed by atoms with E-state index in [2.05, 4.69) is 23.8 Å². The van der Waals surface area contributed by atoms with E-state index < -0.39 is 0 Å². The summed E-state index contributed by atoms with van der Waals surface area (Å²) < 4.78 is 7.92. The SMILES string of the molecule is CC(C)n1nccc1N1CCSCC1COc1cccc(O)c1C=O. The van der Waals surface area contributed by atoms with Crippen molar-refractivity contribution in [1.29, 1.82) is 0 Å². The van der Waals surface area contributed by atoms with Gasteiger partial charge in [-0.3, -0.25) is 4.79 Å². The summed E-state index contributed by atoms with van der Waals surface area (Å²) in [6, 6.07) is 7.37. The Morgan fingerprint density at radius 1 is 1.44 bits per heavy atom. The summed E-state index contributed by atoms with van der Waals surface area (Å²) in [5, 5.41) is 14.2. The van der Waals surface area contributed by atoms with Crippen LogP contribution in [0.4, 0.5) is 5.82 Å². The Kier molecular flexibility index (Phi) is 5.53. The zero-order valence-corrected chi connectivity index (χ0v) is 15.3. The summed E-state index contributed by atoms with van der Waals surface area (Å²) in [7, 11) is 0. The summed E-state index contributed by atoms with van der Waals surface area (Å²) >= 11 is 1.90. The van der Waals surface area contributed by atoms with Gasteiger partial charge in [0.05, 0.1) is 17.8 Å². The molecule has 1 N–H and O–H groups in total. The molecule has 0 saturated carbocycles. The highest BCUT2D eigenvalue weighted by molar-refractivity contribution is 7.99. The highest BCUT2D eigenvalue weighted by Gasteiger charge is 2.27. The van der Waals surface area contributed by atoms with Crippen molar-refractivity contribution in [2.24, 2.45) is 0 Å². The summed E-state index contributed by atoms with van der Waals surface area (Å²) in [5.41, 5.74) is 0.199. The van der Waals surface area contributed by atoms with Gasteiger partial charge in [0.25, 0.3) is 0 Å². The van der Waals surface area contributed by atoms with Gasteiger partial charge in [0.15, 0.2) is 6.29 Å². The van der Waals surface area contributed by atoms with Crippen LogP contribution in [0.1, 0.15) is 30.2 Å². The van der Waals surface area contributed by atoms with Crippen LogP contribution in [0.3, 0.4) is 0 Å². The van der Waals surface area contributed by atoms with E-state index in [0.717, 1.165) is 23.9 Å². The Labute approximate surface area is 151 Å². The van der Waals surface area contributed by atoms with Crippen molar-refractivity contribution in [3.8, 4) is 11.5 Å². The first-order valence-corrected chi connectivity index (χ1v) is 9.55. The standard InChI is InChI=1S/C18H23N3O3S/c1-13(2)21-18(6-7-19-21)20-8-9-25-12-14(20)11-24-17-5-3-4-16(23)15(17)10-22/h3-7,10,13-14,23H,8-9,11-12H2,1-2H3. The molecule has 0 radical (unpaired) electrons. The highest BCUT2D eigenvalue weighted by atomic mass is 32.2. The molecule has 0 amide bonds. The lowest BCUT2D eigenvalue weighted by Crippen LogP contribution is -2.47. The number of aldehydes is 1. The lowest BCUT2D eigenvalue weighted by Gasteiger charge is -2.37. The van der Waals surface area contributed by atoms with Crippen LogP contribution in [0.15, 0.2) is 30.5 Å². The number of rotatable bonds is 6. The monoisotopic (exact) mass is 361 g/mol. The number of anilines is 1. The molecule has 1 aliphatic rings. The van der Waals surface area contributed by atoms with Crippen LogP contribution < -0.4 is 9.64 Å². The van der Waals surface area contributed by atoms with Crippen LogP contribution in [0.2, 0.25) is 0 Å². The molecule has 1 unspecified atom stereocenters. The number of ether oxygens (including phenoxy) is 1. The maximum atomic E-state index is 11.2. The van der Waals surface area contributed by atoms with Gasteiger partial charge in [0.2, 0.25) is 0 Å². The Balaban J connectivity index is 1.77. The second-order valence-corrected chi connectivity index (χ2v) is 7.42. The maximum Gasteiger partial charge on any atom is 0.157 e. The minimum absolute atomic E-state index is 0.0553. The van der Waals surface area contributed by atoms with Gasteiger partial charge < -0.3 is 14.7 Å². The molecule has 1 aromatic heterocycles. The second-order valence-electron chi connectivity index (χ2n) is 6.27. The lowest BCUT2D eigenvalue weighted by atomic mass is 10.2. The first kappa shape index (κ1) is 17.7. The molecular formula is C18H23N3O3S. The Morgan fingerprint density at radius 2 is 2.28 bits per heavy atom. The third kappa shape index (κ3) is 3.76. The molecule has 6 nitrogen and oxygen atoms in total. The number of phenols is 1. The lowest BCUT2D eigenvalue weighted by molar-refractivity contribution is 0.111. The number of phenolic OH excluding ortho intramolecular Hbond substituents is 1. The van der Waals surface area contributed by atoms with Gasteiger partial charge in [0, 0.05) is 30.2 Å². The predicted molar refractivity (Wildman–Crippen MR) is 100 cm³/mol. The zero-order chi connectivity index (χ0) is 17.8. The number of carbonyl (C=O) groups excluding carboxylic acids is 1. The van der Waals surface area contributed by atoms with Crippen molar-refractivity contribution in [3.05, 3.63) is 36.0 Å². The maximum absolute atomic E-state index is 11.2. The number of carbonyl (C=O) groups is 1. The van der Waals surface area contributed by atoms with E-state index >= 15 is 0 Å². The average molecular weight is 361 g/mol. The van der Waals surface area contributed by atoms with E-state index in [1.807, 2.05) is 28.7 Å². The van der Waals surface area contributed by atoms with Gasteiger partial charge >= 0.3 is 0 Å². The molecule has 1 atom stereocenters. The van der Waals surface area contributed by atoms with Gasteiger partial charge in [-0.1, -0.05) is 6.07 Å². The van der Waals surface area contributed by atoms with Gasteiger partial charge in [-0.05, 0) is 26.0 Å². The molecule has 0 spiro atoms. The van der Waals surface area contributed by atoms with Gasteiger partial charge in [-0.15, -0.1) is 0 Å². The zero-order valence-electron chi connectivity index (χ0n) is 14.5. The average Bonchev–Trinajstić information content (AvgIpc) is 3.10. The number of thioether (sulfide) groups is 1. The molecule has 1 aliphatic heterocycles. The highest BCUT2D eigenvalue weighted by Crippen LogP contribution is 2.29. The quantitative estimate of drug-likeness (QED) is 0.798. The number of aromatic hydroxyl groups is 1. The number of aromatic nitrogens is 2. The summed E-state index contributed by atoms with van der Waals surface area (Å²) in [6.45, 7) is 5.60. The molecule has 0 aliphatic carbocycles. The van der Waals surface area contributed by atoms with E-state index in [4.69, 9.17) is 4.74 Å². The molecule has 3 rings (SSSR count). The topological polar surface area (TPSA) is 67.6 Å². The van der Waals surface area contributed by atoms with Crippen LogP contribution in [0.25, 0.3) is 0 Å². The first-order valence-electron chi connectivity index (χ1n) is 8.39. The Hall–Kier alpha value is -2.15. The normalized spacial score (nSPS) is 17.7. The van der Waals surface area contributed by atoms with Crippen LogP contribution in [0.5, 0.6) is 11.5 Å². The van der Waals surface area contributed by atoms with Crippen molar-refractivity contribution >= 4 is 23.9 Å². The van der Waals surface area contributed by atoms with Crippen molar-refractivity contribution in [2.75, 3.05) is 29.6 Å². The molecular weight excluding hydrogens is 338 g/mol. The Bertz CT molecular complexity index is 732. The summed E-state index contributed by atoms with van der Waals surface area (Å²) in [6.07, 6.45) is 2.46. The van der Waals surface area contributed by atoms with Crippen molar-refractivity contribution in [3.63, 3.8) is 0 Å². The van der Waals surface area contributed by atoms with E-state index in [1.165, 1.54) is 6.07 Å². The van der Waals surface area contributed by atoms with Crippen molar-refractivity contribution in [2.45, 2.75) is 25.9 Å². The molecule has 7 heteroatoms. The van der Waals surface area contributed by atoms with Crippen molar-refractivity contribution in [1.82, 2.24) is 9.78 Å². The minimum Gasteiger partial charge on any atom is -0.507 e. The number of benzene rings is 1. The number of hydrogen-bond donors (Lipinski definition) is 1. The van der Waals surface area contributed by atoms with E-state index in [9.17, 15) is 9.90 Å². The smallest absolute Gasteiger partial charge is 0.157 e. The van der Waals surface area contributed by atoms with Crippen LogP contribution in [-0.2, 0) is 0 Å². The summed E-state index contributed by atoms with van der Waals surface area (Å²) in [4.78, 5) is 13.5. The van der Waals surface area contributed by atoms with E-state index in [0.29, 0.717) is 18.6 Å². The van der Waals surface area contributed by atoms with Gasteiger partial charge in [-0.25, -0.2) is 4.68 Å². The molecule has 25 heavy (non-hydrogen) atoms. The molecule has 1 fully saturated rings. The van der Waals surface area contributed by atoms with Gasteiger partial charge in [0.1, 0.15) is 23.9 Å². The second kappa shape index (κ2) is 7.82. The fraction of sp³-hybridized carbons (Fsp3) is 0.444. The largest absolute Gasteiger partial charge is 0.507 e. The minimum atomic E-state index is -0.0553. The van der Waals surface area contributed by atoms with Crippen molar-refractivity contribution < 1.29 is 14.6 Å². The fourth-order valence-corrected chi connectivity index (χ4v) is 4.03. The van der Waals surface area contributed by atoms with E-state index in [1.54, 1.807) is 12.1 Å². The predicted octanol–water partition coefficient (Wildman–Crippen LogP) is 2.98. The fourth-order valence-electron chi connectivity index (χ4n) is 2.99. The molecule has 2 aromatic rings. The first-order chi connectivity index (χ1) is 12.1. The number of nitrogens with zero attached hydrogens (tertiary/aromatic N) is 3. The molecule has 2 heterocycles.